The van der Waals surface area contributed by atoms with E-state index in [9.17, 15) is 18.1 Å². The molecule has 0 saturated carbocycles. The molecule has 5 nitrogen and oxygen atoms in total. The van der Waals surface area contributed by atoms with Gasteiger partial charge in [-0.05, 0) is 36.2 Å². The maximum atomic E-state index is 13.8. The van der Waals surface area contributed by atoms with Gasteiger partial charge in [0.05, 0.1) is 10.6 Å². The lowest BCUT2D eigenvalue weighted by Gasteiger charge is -2.35. The van der Waals surface area contributed by atoms with Gasteiger partial charge in [0.1, 0.15) is 17.4 Å². The third-order valence-electron chi connectivity index (χ3n) is 4.78. The zero-order valence-electron chi connectivity index (χ0n) is 15.2. The summed E-state index contributed by atoms with van der Waals surface area (Å²) in [6.45, 7) is 3.48. The van der Waals surface area contributed by atoms with Gasteiger partial charge in [0, 0.05) is 26.2 Å². The summed E-state index contributed by atoms with van der Waals surface area (Å²) >= 11 is 0. The van der Waals surface area contributed by atoms with E-state index >= 15 is 0 Å². The first-order valence-corrected chi connectivity index (χ1v) is 10.4. The van der Waals surface area contributed by atoms with Gasteiger partial charge in [0.25, 0.3) is 0 Å². The Kier molecular flexibility index (Phi) is 5.78. The fourth-order valence-electron chi connectivity index (χ4n) is 3.32. The highest BCUT2D eigenvalue weighted by Gasteiger charge is 2.29. The van der Waals surface area contributed by atoms with Crippen molar-refractivity contribution >= 4 is 15.7 Å². The monoisotopic (exact) mass is 387 g/mol. The van der Waals surface area contributed by atoms with E-state index in [1.165, 1.54) is 10.4 Å². The van der Waals surface area contributed by atoms with Gasteiger partial charge in [0.15, 0.2) is 0 Å². The second kappa shape index (κ2) is 8.07. The maximum Gasteiger partial charge on any atom is 0.243 e. The lowest BCUT2D eigenvalue weighted by atomic mass is 10.1. The predicted molar refractivity (Wildman–Crippen MR) is 103 cm³/mol. The van der Waals surface area contributed by atoms with E-state index in [2.05, 4.69) is 6.92 Å². The standard InChI is InChI=1S/C20H22FN3O2S/c1-2-4-16-7-9-17(10-8-16)27(25,26)24-13-11-23(12-14-24)20-6-3-5-19(21)18(20)15-22/h3,5-10H,2,4,11-14H2,1H3. The number of anilines is 1. The number of hydrogen-bond donors (Lipinski definition) is 0. The molecule has 142 valence electrons. The molecule has 0 bridgehead atoms. The zero-order chi connectivity index (χ0) is 19.4. The summed E-state index contributed by atoms with van der Waals surface area (Å²) in [5, 5.41) is 9.20. The van der Waals surface area contributed by atoms with E-state index in [0.717, 1.165) is 18.4 Å². The van der Waals surface area contributed by atoms with Crippen molar-refractivity contribution in [3.05, 3.63) is 59.4 Å². The Morgan fingerprint density at radius 2 is 1.74 bits per heavy atom. The largest absolute Gasteiger partial charge is 0.368 e. The molecule has 7 heteroatoms. The number of rotatable bonds is 5. The molecule has 0 N–H and O–H groups in total. The SMILES string of the molecule is CCCc1ccc(S(=O)(=O)N2CCN(c3cccc(F)c3C#N)CC2)cc1. The number of nitriles is 1. The van der Waals surface area contributed by atoms with E-state index in [-0.39, 0.29) is 5.56 Å². The van der Waals surface area contributed by atoms with Crippen molar-refractivity contribution in [2.24, 2.45) is 0 Å². The van der Waals surface area contributed by atoms with Crippen molar-refractivity contribution in [2.75, 3.05) is 31.1 Å². The van der Waals surface area contributed by atoms with E-state index in [4.69, 9.17) is 0 Å². The molecule has 0 amide bonds. The maximum absolute atomic E-state index is 13.8. The van der Waals surface area contributed by atoms with Crippen molar-refractivity contribution < 1.29 is 12.8 Å². The molecule has 0 spiro atoms. The van der Waals surface area contributed by atoms with Crippen molar-refractivity contribution in [3.63, 3.8) is 0 Å². The Labute approximate surface area is 159 Å². The lowest BCUT2D eigenvalue weighted by Crippen LogP contribution is -2.48. The highest BCUT2D eigenvalue weighted by molar-refractivity contribution is 7.89. The Hall–Kier alpha value is -2.43. The van der Waals surface area contributed by atoms with Gasteiger partial charge in [-0.2, -0.15) is 9.57 Å². The molecule has 2 aromatic carbocycles. The van der Waals surface area contributed by atoms with Gasteiger partial charge in [-0.15, -0.1) is 0 Å². The van der Waals surface area contributed by atoms with Crippen molar-refractivity contribution in [2.45, 2.75) is 24.7 Å². The Balaban J connectivity index is 1.73. The van der Waals surface area contributed by atoms with Crippen LogP contribution in [-0.2, 0) is 16.4 Å². The fourth-order valence-corrected chi connectivity index (χ4v) is 4.74. The smallest absolute Gasteiger partial charge is 0.243 e. The van der Waals surface area contributed by atoms with Crippen LogP contribution in [0.4, 0.5) is 10.1 Å². The molecule has 0 radical (unpaired) electrons. The lowest BCUT2D eigenvalue weighted by molar-refractivity contribution is 0.384. The van der Waals surface area contributed by atoms with Crippen LogP contribution in [0.25, 0.3) is 0 Å². The Morgan fingerprint density at radius 1 is 1.07 bits per heavy atom. The molecular weight excluding hydrogens is 365 g/mol. The van der Waals surface area contributed by atoms with E-state index in [1.54, 1.807) is 24.3 Å². The summed E-state index contributed by atoms with van der Waals surface area (Å²) in [5.41, 5.74) is 1.63. The molecule has 0 unspecified atom stereocenters. The van der Waals surface area contributed by atoms with Crippen molar-refractivity contribution in [3.8, 4) is 6.07 Å². The number of benzene rings is 2. The van der Waals surface area contributed by atoms with Crippen LogP contribution in [-0.4, -0.2) is 38.9 Å². The molecule has 27 heavy (non-hydrogen) atoms. The number of aryl methyl sites for hydroxylation is 1. The summed E-state index contributed by atoms with van der Waals surface area (Å²) < 4.78 is 41.0. The summed E-state index contributed by atoms with van der Waals surface area (Å²) in [6.07, 6.45) is 1.94. The average Bonchev–Trinajstić information content (AvgIpc) is 2.68. The first-order valence-electron chi connectivity index (χ1n) is 9.00. The van der Waals surface area contributed by atoms with Crippen molar-refractivity contribution in [1.82, 2.24) is 4.31 Å². The van der Waals surface area contributed by atoms with Crippen LogP contribution in [0, 0.1) is 17.1 Å². The summed E-state index contributed by atoms with van der Waals surface area (Å²) in [5.74, 6) is -0.558. The average molecular weight is 387 g/mol. The van der Waals surface area contributed by atoms with Gasteiger partial charge in [0.2, 0.25) is 10.0 Å². The highest BCUT2D eigenvalue weighted by Crippen LogP contribution is 2.25. The number of sulfonamides is 1. The normalized spacial score (nSPS) is 15.5. The van der Waals surface area contributed by atoms with Crippen LogP contribution in [0.2, 0.25) is 0 Å². The summed E-state index contributed by atoms with van der Waals surface area (Å²) in [7, 11) is -3.56. The van der Waals surface area contributed by atoms with Gasteiger partial charge in [-0.1, -0.05) is 31.5 Å². The number of piperazine rings is 1. The molecule has 0 atom stereocenters. The van der Waals surface area contributed by atoms with Crippen molar-refractivity contribution in [1.29, 1.82) is 5.26 Å². The quantitative estimate of drug-likeness (QED) is 0.791. The summed E-state index contributed by atoms with van der Waals surface area (Å²) in [4.78, 5) is 2.15. The minimum Gasteiger partial charge on any atom is -0.368 e. The fraction of sp³-hybridized carbons (Fsp3) is 0.350. The van der Waals surface area contributed by atoms with Gasteiger partial charge >= 0.3 is 0 Å². The van der Waals surface area contributed by atoms with Crippen LogP contribution in [0.15, 0.2) is 47.4 Å². The second-order valence-corrected chi connectivity index (χ2v) is 8.47. The molecule has 3 rings (SSSR count). The molecule has 0 aliphatic carbocycles. The third-order valence-corrected chi connectivity index (χ3v) is 6.70. The number of nitrogens with zero attached hydrogens (tertiary/aromatic N) is 3. The molecule has 1 aliphatic heterocycles. The molecule has 1 saturated heterocycles. The summed E-state index contributed by atoms with van der Waals surface area (Å²) in [6, 6.07) is 13.4. The van der Waals surface area contributed by atoms with Gasteiger partial charge in [-0.3, -0.25) is 0 Å². The first-order chi connectivity index (χ1) is 13.0. The molecule has 1 heterocycles. The van der Waals surface area contributed by atoms with Crippen LogP contribution in [0.5, 0.6) is 0 Å². The van der Waals surface area contributed by atoms with Crippen LogP contribution in [0.1, 0.15) is 24.5 Å². The van der Waals surface area contributed by atoms with Gasteiger partial charge in [-0.25, -0.2) is 12.8 Å². The van der Waals surface area contributed by atoms with E-state index in [1.807, 2.05) is 23.1 Å². The molecule has 1 fully saturated rings. The Morgan fingerprint density at radius 3 is 2.33 bits per heavy atom. The van der Waals surface area contributed by atoms with Crippen LogP contribution >= 0.6 is 0 Å². The number of halogens is 1. The molecule has 1 aliphatic rings. The minimum atomic E-state index is -3.56. The van der Waals surface area contributed by atoms with E-state index in [0.29, 0.717) is 36.8 Å². The molecule has 2 aromatic rings. The van der Waals surface area contributed by atoms with Crippen LogP contribution < -0.4 is 4.90 Å². The molecule has 0 aromatic heterocycles. The minimum absolute atomic E-state index is 0.000296. The Bertz CT molecular complexity index is 944. The van der Waals surface area contributed by atoms with Gasteiger partial charge < -0.3 is 4.90 Å². The second-order valence-electron chi connectivity index (χ2n) is 6.53. The van der Waals surface area contributed by atoms with E-state index < -0.39 is 15.8 Å². The first kappa shape index (κ1) is 19.3. The molecular formula is C20H22FN3O2S. The topological polar surface area (TPSA) is 64.4 Å². The highest BCUT2D eigenvalue weighted by atomic mass is 32.2. The van der Waals surface area contributed by atoms with Crippen LogP contribution in [0.3, 0.4) is 0 Å². The number of hydrogen-bond acceptors (Lipinski definition) is 4. The third kappa shape index (κ3) is 3.97. The predicted octanol–water partition coefficient (Wildman–Crippen LogP) is 3.16. The zero-order valence-corrected chi connectivity index (χ0v) is 16.0.